The average molecular weight is 679 g/mol. The topological polar surface area (TPSA) is 0 Å². The fourth-order valence-electron chi connectivity index (χ4n) is 9.15. The zero-order chi connectivity index (χ0) is 34.6. The van der Waals surface area contributed by atoms with Crippen molar-refractivity contribution in [2.75, 3.05) is 0 Å². The van der Waals surface area contributed by atoms with E-state index in [-0.39, 0.29) is 5.41 Å². The van der Waals surface area contributed by atoms with E-state index in [9.17, 15) is 0 Å². The molecule has 0 spiro atoms. The molecular formula is C51H34S. The first-order valence-corrected chi connectivity index (χ1v) is 19.0. The summed E-state index contributed by atoms with van der Waals surface area (Å²) >= 11 is 1.95. The Balaban J connectivity index is 1.12. The molecule has 0 aliphatic heterocycles. The Bertz CT molecular complexity index is 3040. The van der Waals surface area contributed by atoms with E-state index in [2.05, 4.69) is 184 Å². The number of fused-ring (bicyclic) bond motifs is 10. The third kappa shape index (κ3) is 4.21. The molecule has 0 N–H and O–H groups in total. The monoisotopic (exact) mass is 678 g/mol. The molecule has 244 valence electrons. The van der Waals surface area contributed by atoms with Gasteiger partial charge in [-0.05, 0) is 101 Å². The van der Waals surface area contributed by atoms with E-state index in [1.807, 2.05) is 11.3 Å². The van der Waals surface area contributed by atoms with Gasteiger partial charge < -0.3 is 0 Å². The van der Waals surface area contributed by atoms with Crippen LogP contribution >= 0.6 is 11.3 Å². The molecule has 1 aliphatic carbocycles. The molecule has 1 heteroatoms. The molecule has 0 bridgehead atoms. The number of thiophene rings is 1. The molecule has 11 rings (SSSR count). The van der Waals surface area contributed by atoms with E-state index in [1.165, 1.54) is 108 Å². The standard InChI is InChI=1S/C51H34S/c1-51(2)44-21-10-9-20-43(44)49-45(51)27-26-42-37-25-24-36(30-46(37)52-50(42)49)48-40-18-7-5-16-38(40)47(39-17-6-8-19-41(39)48)35-15-11-14-33(29-35)34-23-22-31-12-3-4-13-32(31)28-34/h3-30H,1-2H3. The zero-order valence-electron chi connectivity index (χ0n) is 29.1. The van der Waals surface area contributed by atoms with E-state index < -0.39 is 0 Å². The Hall–Kier alpha value is -6.02. The minimum absolute atomic E-state index is 0.00395. The molecule has 1 aromatic heterocycles. The summed E-state index contributed by atoms with van der Waals surface area (Å²) < 4.78 is 2.74. The van der Waals surface area contributed by atoms with Crippen molar-refractivity contribution in [3.05, 3.63) is 181 Å². The van der Waals surface area contributed by atoms with Crippen molar-refractivity contribution in [2.45, 2.75) is 19.3 Å². The Morgan fingerprint density at radius 2 is 0.942 bits per heavy atom. The Morgan fingerprint density at radius 1 is 0.365 bits per heavy atom. The van der Waals surface area contributed by atoms with E-state index in [0.29, 0.717) is 0 Å². The molecule has 0 atom stereocenters. The average Bonchev–Trinajstić information content (AvgIpc) is 3.68. The van der Waals surface area contributed by atoms with Crippen LogP contribution in [0, 0.1) is 0 Å². The third-order valence-corrected chi connectivity index (χ3v) is 12.8. The van der Waals surface area contributed by atoms with Crippen LogP contribution in [0.4, 0.5) is 0 Å². The highest BCUT2D eigenvalue weighted by molar-refractivity contribution is 7.26. The van der Waals surface area contributed by atoms with Gasteiger partial charge in [0.25, 0.3) is 0 Å². The van der Waals surface area contributed by atoms with Gasteiger partial charge in [0.1, 0.15) is 0 Å². The molecule has 10 aromatic rings. The summed E-state index contributed by atoms with van der Waals surface area (Å²) in [7, 11) is 0. The molecule has 0 amide bonds. The minimum Gasteiger partial charge on any atom is -0.134 e. The summed E-state index contributed by atoms with van der Waals surface area (Å²) in [4.78, 5) is 0. The van der Waals surface area contributed by atoms with Gasteiger partial charge in [-0.15, -0.1) is 11.3 Å². The Kier molecular flexibility index (Phi) is 6.27. The van der Waals surface area contributed by atoms with Gasteiger partial charge >= 0.3 is 0 Å². The predicted molar refractivity (Wildman–Crippen MR) is 226 cm³/mol. The number of hydrogen-bond donors (Lipinski definition) is 0. The zero-order valence-corrected chi connectivity index (χ0v) is 29.9. The second-order valence-electron chi connectivity index (χ2n) is 14.8. The molecule has 0 radical (unpaired) electrons. The Morgan fingerprint density at radius 3 is 1.69 bits per heavy atom. The van der Waals surface area contributed by atoms with Crippen LogP contribution in [0.1, 0.15) is 25.0 Å². The maximum atomic E-state index is 2.45. The van der Waals surface area contributed by atoms with Gasteiger partial charge in [-0.3, -0.25) is 0 Å². The van der Waals surface area contributed by atoms with E-state index in [4.69, 9.17) is 0 Å². The van der Waals surface area contributed by atoms with Crippen molar-refractivity contribution in [1.82, 2.24) is 0 Å². The van der Waals surface area contributed by atoms with Gasteiger partial charge in [-0.1, -0.05) is 166 Å². The highest BCUT2D eigenvalue weighted by Gasteiger charge is 2.36. The van der Waals surface area contributed by atoms with Gasteiger partial charge in [-0.2, -0.15) is 0 Å². The van der Waals surface area contributed by atoms with Crippen LogP contribution in [0.5, 0.6) is 0 Å². The second kappa shape index (κ2) is 11.0. The molecular weight excluding hydrogens is 645 g/mol. The van der Waals surface area contributed by atoms with Gasteiger partial charge in [0.2, 0.25) is 0 Å². The predicted octanol–water partition coefficient (Wildman–Crippen LogP) is 14.8. The van der Waals surface area contributed by atoms with Crippen molar-refractivity contribution in [3.63, 3.8) is 0 Å². The molecule has 0 saturated carbocycles. The third-order valence-electron chi connectivity index (χ3n) is 11.6. The van der Waals surface area contributed by atoms with Gasteiger partial charge in [0, 0.05) is 31.2 Å². The lowest BCUT2D eigenvalue weighted by Crippen LogP contribution is -2.14. The first kappa shape index (κ1) is 29.7. The molecule has 1 aliphatic rings. The van der Waals surface area contributed by atoms with E-state index >= 15 is 0 Å². The summed E-state index contributed by atoms with van der Waals surface area (Å²) in [6.45, 7) is 4.74. The van der Waals surface area contributed by atoms with Crippen LogP contribution in [0.15, 0.2) is 170 Å². The Labute approximate surface area is 307 Å². The van der Waals surface area contributed by atoms with Crippen LogP contribution in [0.25, 0.3) is 97.0 Å². The largest absolute Gasteiger partial charge is 0.134 e. The highest BCUT2D eigenvalue weighted by atomic mass is 32.1. The van der Waals surface area contributed by atoms with Gasteiger partial charge in [0.15, 0.2) is 0 Å². The summed E-state index contributed by atoms with van der Waals surface area (Å²) in [6, 6.07) is 63.4. The first-order valence-electron chi connectivity index (χ1n) is 18.2. The molecule has 0 unspecified atom stereocenters. The maximum Gasteiger partial charge on any atom is 0.0437 e. The first-order chi connectivity index (χ1) is 25.5. The minimum atomic E-state index is -0.00395. The van der Waals surface area contributed by atoms with Crippen LogP contribution < -0.4 is 0 Å². The molecule has 52 heavy (non-hydrogen) atoms. The van der Waals surface area contributed by atoms with E-state index in [1.54, 1.807) is 0 Å². The van der Waals surface area contributed by atoms with Crippen LogP contribution in [-0.4, -0.2) is 0 Å². The lowest BCUT2D eigenvalue weighted by Gasteiger charge is -2.21. The highest BCUT2D eigenvalue weighted by Crippen LogP contribution is 2.54. The number of hydrogen-bond acceptors (Lipinski definition) is 1. The van der Waals surface area contributed by atoms with Crippen molar-refractivity contribution >= 4 is 63.8 Å². The summed E-state index contributed by atoms with van der Waals surface area (Å²) in [5, 5.41) is 10.3. The SMILES string of the molecule is CC1(C)c2ccccc2-c2c1ccc1c2sc2cc(-c3c4ccccc4c(-c4cccc(-c5ccc6ccccc6c5)c4)c4ccccc34)ccc21. The molecule has 1 heterocycles. The van der Waals surface area contributed by atoms with Crippen molar-refractivity contribution in [2.24, 2.45) is 0 Å². The number of benzene rings is 9. The lowest BCUT2D eigenvalue weighted by atomic mass is 9.82. The van der Waals surface area contributed by atoms with Crippen molar-refractivity contribution in [1.29, 1.82) is 0 Å². The van der Waals surface area contributed by atoms with Crippen molar-refractivity contribution in [3.8, 4) is 44.5 Å². The summed E-state index contributed by atoms with van der Waals surface area (Å²) in [5.74, 6) is 0. The second-order valence-corrected chi connectivity index (χ2v) is 15.9. The van der Waals surface area contributed by atoms with Crippen molar-refractivity contribution < 1.29 is 0 Å². The molecule has 0 nitrogen and oxygen atoms in total. The van der Waals surface area contributed by atoms with Crippen LogP contribution in [-0.2, 0) is 5.41 Å². The molecule has 0 fully saturated rings. The summed E-state index contributed by atoms with van der Waals surface area (Å²) in [5.41, 5.74) is 13.2. The van der Waals surface area contributed by atoms with Gasteiger partial charge in [-0.25, -0.2) is 0 Å². The smallest absolute Gasteiger partial charge is 0.0437 e. The maximum absolute atomic E-state index is 2.45. The molecule has 0 saturated heterocycles. The number of rotatable bonds is 3. The normalized spacial score (nSPS) is 13.3. The molecule has 9 aromatic carbocycles. The summed E-state index contributed by atoms with van der Waals surface area (Å²) in [6.07, 6.45) is 0. The quantitative estimate of drug-likeness (QED) is 0.163. The fraction of sp³-hybridized carbons (Fsp3) is 0.0588. The van der Waals surface area contributed by atoms with Crippen LogP contribution in [0.2, 0.25) is 0 Å². The lowest BCUT2D eigenvalue weighted by molar-refractivity contribution is 0.661. The van der Waals surface area contributed by atoms with Gasteiger partial charge in [0.05, 0.1) is 0 Å². The fourth-order valence-corrected chi connectivity index (χ4v) is 10.5. The van der Waals surface area contributed by atoms with E-state index in [0.717, 1.165) is 0 Å². The van der Waals surface area contributed by atoms with Crippen LogP contribution in [0.3, 0.4) is 0 Å².